The van der Waals surface area contributed by atoms with Crippen LogP contribution in [0.3, 0.4) is 0 Å². The molecule has 2 bridgehead atoms. The summed E-state index contributed by atoms with van der Waals surface area (Å²) in [5.74, 6) is 3.98. The maximum absolute atomic E-state index is 2.67. The third kappa shape index (κ3) is 4.35. The summed E-state index contributed by atoms with van der Waals surface area (Å²) in [4.78, 5) is 0. The molecule has 0 amide bonds. The lowest BCUT2D eigenvalue weighted by molar-refractivity contribution is -0.245. The van der Waals surface area contributed by atoms with Gasteiger partial charge in [0.05, 0.1) is 0 Å². The quantitative estimate of drug-likeness (QED) is 0.281. The van der Waals surface area contributed by atoms with E-state index in [1.165, 1.54) is 77.0 Å². The minimum absolute atomic E-state index is 0.847. The topological polar surface area (TPSA) is 0 Å². The minimum Gasteiger partial charge on any atom is -0.0851 e. The van der Waals surface area contributed by atoms with Gasteiger partial charge < -0.3 is 0 Å². The highest BCUT2D eigenvalue weighted by molar-refractivity contribution is 5.19. The molecule has 0 heteroatoms. The third-order valence-electron chi connectivity index (χ3n) is 9.36. The van der Waals surface area contributed by atoms with Crippen molar-refractivity contribution in [2.45, 2.75) is 123 Å². The van der Waals surface area contributed by atoms with Gasteiger partial charge in [-0.3, -0.25) is 0 Å². The van der Waals surface area contributed by atoms with Crippen molar-refractivity contribution in [3.05, 3.63) is 12.2 Å². The van der Waals surface area contributed by atoms with Gasteiger partial charge >= 0.3 is 0 Å². The molecular formula is C27H46. The van der Waals surface area contributed by atoms with Gasteiger partial charge in [0.15, 0.2) is 0 Å². The number of unbranched alkanes of at least 4 members (excludes halogenated alkanes) is 2. The summed E-state index contributed by atoms with van der Waals surface area (Å²) in [6.07, 6.45) is 30.9. The standard InChI is InChI=1S/C27H46/c1-3-5-6-7-22-8-10-23(11-9-22)12-13-24-14-16-25(17-15-24)27-19-26(20-27,21-27)18-4-2/h12-13,22-25H,3-11,14-21H2,1-2H3/b13-12+. The Balaban J connectivity index is 1.13. The Morgan fingerprint density at radius 3 is 1.85 bits per heavy atom. The van der Waals surface area contributed by atoms with Gasteiger partial charge in [0.2, 0.25) is 0 Å². The fourth-order valence-electron chi connectivity index (χ4n) is 7.90. The van der Waals surface area contributed by atoms with Crippen molar-refractivity contribution in [2.24, 2.45) is 34.5 Å². The molecule has 0 aromatic rings. The Morgan fingerprint density at radius 1 is 0.704 bits per heavy atom. The predicted octanol–water partition coefficient (Wildman–Crippen LogP) is 8.71. The Morgan fingerprint density at radius 2 is 1.30 bits per heavy atom. The first-order valence-electron chi connectivity index (χ1n) is 12.9. The molecule has 0 radical (unpaired) electrons. The van der Waals surface area contributed by atoms with E-state index in [4.69, 9.17) is 0 Å². The Bertz CT molecular complexity index is 464. The van der Waals surface area contributed by atoms with Gasteiger partial charge in [0.1, 0.15) is 0 Å². The second kappa shape index (κ2) is 8.62. The highest BCUT2D eigenvalue weighted by Gasteiger charge is 2.68. The summed E-state index contributed by atoms with van der Waals surface area (Å²) in [6, 6.07) is 0. The first-order chi connectivity index (χ1) is 13.2. The Labute approximate surface area is 170 Å². The molecule has 5 aliphatic rings. The summed E-state index contributed by atoms with van der Waals surface area (Å²) in [6.45, 7) is 4.70. The van der Waals surface area contributed by atoms with Crippen molar-refractivity contribution in [2.75, 3.05) is 0 Å². The van der Waals surface area contributed by atoms with Crippen LogP contribution in [0, 0.1) is 34.5 Å². The first kappa shape index (κ1) is 20.0. The van der Waals surface area contributed by atoms with E-state index in [0.29, 0.717) is 0 Å². The summed E-state index contributed by atoms with van der Waals surface area (Å²) >= 11 is 0. The smallest absolute Gasteiger partial charge is 0.0233 e. The third-order valence-corrected chi connectivity index (χ3v) is 9.36. The van der Waals surface area contributed by atoms with Gasteiger partial charge in [-0.25, -0.2) is 0 Å². The first-order valence-corrected chi connectivity index (χ1v) is 12.9. The van der Waals surface area contributed by atoms with Gasteiger partial charge in [-0.1, -0.05) is 58.1 Å². The monoisotopic (exact) mass is 370 g/mol. The lowest BCUT2D eigenvalue weighted by Gasteiger charge is -2.75. The van der Waals surface area contributed by atoms with E-state index in [1.54, 1.807) is 32.1 Å². The molecule has 0 aliphatic heterocycles. The molecular weight excluding hydrogens is 324 g/mol. The van der Waals surface area contributed by atoms with Gasteiger partial charge in [0.25, 0.3) is 0 Å². The molecule has 0 nitrogen and oxygen atoms in total. The van der Waals surface area contributed by atoms with Crippen LogP contribution in [0.1, 0.15) is 123 Å². The molecule has 0 saturated heterocycles. The van der Waals surface area contributed by atoms with Crippen LogP contribution in [0.15, 0.2) is 12.2 Å². The van der Waals surface area contributed by atoms with E-state index in [0.717, 1.165) is 34.5 Å². The van der Waals surface area contributed by atoms with E-state index < -0.39 is 0 Å². The van der Waals surface area contributed by atoms with Crippen LogP contribution in [0.25, 0.3) is 0 Å². The molecule has 5 rings (SSSR count). The molecule has 5 fully saturated rings. The van der Waals surface area contributed by atoms with E-state index in [1.807, 2.05) is 0 Å². The molecule has 154 valence electrons. The van der Waals surface area contributed by atoms with Gasteiger partial charge in [-0.05, 0) is 112 Å². The van der Waals surface area contributed by atoms with E-state index in [-0.39, 0.29) is 0 Å². The zero-order valence-corrected chi connectivity index (χ0v) is 18.5. The number of allylic oxidation sites excluding steroid dienone is 2. The van der Waals surface area contributed by atoms with Gasteiger partial charge in [0, 0.05) is 0 Å². The SMILES string of the molecule is CCCCCC1CCC(/C=C/C2CCC(C34CC(CCC)(C3)C4)CC2)CC1. The zero-order chi connectivity index (χ0) is 18.7. The van der Waals surface area contributed by atoms with Crippen molar-refractivity contribution in [1.29, 1.82) is 0 Å². The number of hydrogen-bond donors (Lipinski definition) is 0. The van der Waals surface area contributed by atoms with E-state index in [9.17, 15) is 0 Å². The maximum atomic E-state index is 2.67. The van der Waals surface area contributed by atoms with Crippen LogP contribution >= 0.6 is 0 Å². The molecule has 27 heavy (non-hydrogen) atoms. The van der Waals surface area contributed by atoms with Crippen molar-refractivity contribution >= 4 is 0 Å². The maximum Gasteiger partial charge on any atom is -0.0233 e. The highest BCUT2D eigenvalue weighted by Crippen LogP contribution is 2.79. The van der Waals surface area contributed by atoms with Crippen LogP contribution < -0.4 is 0 Å². The molecule has 5 aliphatic carbocycles. The van der Waals surface area contributed by atoms with Crippen molar-refractivity contribution in [3.8, 4) is 0 Å². The number of rotatable bonds is 9. The summed E-state index contributed by atoms with van der Waals surface area (Å²) < 4.78 is 0. The molecule has 0 unspecified atom stereocenters. The predicted molar refractivity (Wildman–Crippen MR) is 118 cm³/mol. The van der Waals surface area contributed by atoms with Crippen molar-refractivity contribution < 1.29 is 0 Å². The normalized spacial score (nSPS) is 44.1. The van der Waals surface area contributed by atoms with Gasteiger partial charge in [-0.15, -0.1) is 0 Å². The molecule has 5 saturated carbocycles. The number of hydrogen-bond acceptors (Lipinski definition) is 0. The average molecular weight is 371 g/mol. The Hall–Kier alpha value is -0.260. The van der Waals surface area contributed by atoms with Crippen LogP contribution in [-0.2, 0) is 0 Å². The molecule has 0 aromatic heterocycles. The highest BCUT2D eigenvalue weighted by atomic mass is 14.7. The molecule has 0 heterocycles. The summed E-state index contributed by atoms with van der Waals surface area (Å²) in [5, 5.41) is 0. The van der Waals surface area contributed by atoms with Crippen LogP contribution in [-0.4, -0.2) is 0 Å². The van der Waals surface area contributed by atoms with Crippen LogP contribution in [0.2, 0.25) is 0 Å². The Kier molecular flexibility index (Phi) is 6.40. The summed E-state index contributed by atoms with van der Waals surface area (Å²) in [7, 11) is 0. The second-order valence-electron chi connectivity index (χ2n) is 11.4. The molecule has 0 N–H and O–H groups in total. The van der Waals surface area contributed by atoms with Crippen molar-refractivity contribution in [1.82, 2.24) is 0 Å². The molecule has 0 aromatic carbocycles. The zero-order valence-electron chi connectivity index (χ0n) is 18.5. The largest absolute Gasteiger partial charge is 0.0851 e. The van der Waals surface area contributed by atoms with Crippen LogP contribution in [0.4, 0.5) is 0 Å². The van der Waals surface area contributed by atoms with E-state index in [2.05, 4.69) is 26.0 Å². The van der Waals surface area contributed by atoms with E-state index >= 15 is 0 Å². The molecule has 0 spiro atoms. The van der Waals surface area contributed by atoms with Gasteiger partial charge in [-0.2, -0.15) is 0 Å². The second-order valence-corrected chi connectivity index (χ2v) is 11.4. The summed E-state index contributed by atoms with van der Waals surface area (Å²) in [5.41, 5.74) is 1.70. The van der Waals surface area contributed by atoms with Crippen LogP contribution in [0.5, 0.6) is 0 Å². The fourth-order valence-corrected chi connectivity index (χ4v) is 7.90. The lowest BCUT2D eigenvalue weighted by atomic mass is 9.30. The van der Waals surface area contributed by atoms with Crippen molar-refractivity contribution in [3.63, 3.8) is 0 Å². The molecule has 0 atom stereocenters. The fraction of sp³-hybridized carbons (Fsp3) is 0.926. The lowest BCUT2D eigenvalue weighted by Crippen LogP contribution is -2.64. The average Bonchev–Trinajstić information content (AvgIpc) is 2.64. The minimum atomic E-state index is 0.847.